The molecular weight excluding hydrogens is 456 g/mol. The molecule has 1 aromatic carbocycles. The van der Waals surface area contributed by atoms with E-state index in [0.717, 1.165) is 5.56 Å². The largest absolute Gasteiger partial charge is 0.456 e. The molecule has 0 radical (unpaired) electrons. The number of methoxy groups -OCH3 is 1. The Labute approximate surface area is 206 Å². The Hall–Kier alpha value is -1.59. The van der Waals surface area contributed by atoms with E-state index in [9.17, 15) is 9.90 Å². The maximum absolute atomic E-state index is 12.7. The van der Waals surface area contributed by atoms with Gasteiger partial charge in [-0.15, -0.1) is 0 Å². The number of aliphatic hydroxyl groups excluding tert-OH is 1. The molecule has 0 amide bonds. The van der Waals surface area contributed by atoms with Gasteiger partial charge in [0.05, 0.1) is 17.8 Å². The summed E-state index contributed by atoms with van der Waals surface area (Å²) in [4.78, 5) is 12.7. The van der Waals surface area contributed by atoms with Crippen LogP contribution in [0.3, 0.4) is 0 Å². The number of esters is 1. The minimum Gasteiger partial charge on any atom is -0.456 e. The molecule has 9 heteroatoms. The highest BCUT2D eigenvalue weighted by molar-refractivity contribution is 5.89. The van der Waals surface area contributed by atoms with Gasteiger partial charge in [-0.25, -0.2) is 4.79 Å². The van der Waals surface area contributed by atoms with Crippen LogP contribution in [-0.4, -0.2) is 73.0 Å². The van der Waals surface area contributed by atoms with E-state index in [1.54, 1.807) is 31.4 Å². The molecule has 7 unspecified atom stereocenters. The first-order chi connectivity index (χ1) is 16.4. The summed E-state index contributed by atoms with van der Waals surface area (Å²) in [7, 11) is 1.64. The molecule has 0 bridgehead atoms. The SMILES string of the molecule is COC(C)(C)CC(C)(C)OC(=O)c1ccc(C2OC3OC4C(CO)OC(C(C)C)OC4C3O2)cc1. The molecule has 1 aromatic rings. The first-order valence-corrected chi connectivity index (χ1v) is 12.2. The second-order valence-corrected chi connectivity index (χ2v) is 11.0. The van der Waals surface area contributed by atoms with Gasteiger partial charge in [0.15, 0.2) is 18.9 Å². The van der Waals surface area contributed by atoms with E-state index in [1.165, 1.54) is 0 Å². The smallest absolute Gasteiger partial charge is 0.338 e. The topological polar surface area (TPSA) is 102 Å². The van der Waals surface area contributed by atoms with E-state index in [-0.39, 0.29) is 12.5 Å². The van der Waals surface area contributed by atoms with E-state index in [2.05, 4.69) is 0 Å². The molecule has 9 nitrogen and oxygen atoms in total. The van der Waals surface area contributed by atoms with Crippen LogP contribution in [0.2, 0.25) is 0 Å². The second kappa shape index (κ2) is 10.0. The average molecular weight is 495 g/mol. The molecule has 3 aliphatic heterocycles. The maximum atomic E-state index is 12.7. The predicted molar refractivity (Wildman–Crippen MR) is 124 cm³/mol. The first kappa shape index (κ1) is 26.5. The fourth-order valence-corrected chi connectivity index (χ4v) is 4.93. The van der Waals surface area contributed by atoms with Crippen molar-refractivity contribution < 1.29 is 43.1 Å². The maximum Gasteiger partial charge on any atom is 0.338 e. The van der Waals surface area contributed by atoms with Crippen molar-refractivity contribution in [2.45, 2.75) is 102 Å². The number of carbonyl (C=O) groups excluding carboxylic acids is 1. The summed E-state index contributed by atoms with van der Waals surface area (Å²) in [6.07, 6.45) is -3.01. The van der Waals surface area contributed by atoms with Crippen LogP contribution < -0.4 is 0 Å². The number of hydrogen-bond donors (Lipinski definition) is 1. The van der Waals surface area contributed by atoms with Crippen LogP contribution in [0.4, 0.5) is 0 Å². The molecule has 0 saturated carbocycles. The summed E-state index contributed by atoms with van der Waals surface area (Å²) in [5.74, 6) is -0.296. The monoisotopic (exact) mass is 494 g/mol. The Kier molecular flexibility index (Phi) is 7.60. The molecule has 3 heterocycles. The highest BCUT2D eigenvalue weighted by Crippen LogP contribution is 2.44. The number of fused-ring (bicyclic) bond motifs is 3. The number of rotatable bonds is 8. The Morgan fingerprint density at radius 3 is 2.23 bits per heavy atom. The van der Waals surface area contributed by atoms with Crippen LogP contribution in [0, 0.1) is 5.92 Å². The van der Waals surface area contributed by atoms with E-state index < -0.39 is 60.5 Å². The van der Waals surface area contributed by atoms with Crippen molar-refractivity contribution >= 4 is 5.97 Å². The minimum absolute atomic E-state index is 0.111. The summed E-state index contributed by atoms with van der Waals surface area (Å²) in [6, 6.07) is 6.96. The molecule has 0 aliphatic carbocycles. The van der Waals surface area contributed by atoms with Gasteiger partial charge in [-0.2, -0.15) is 0 Å². The Morgan fingerprint density at radius 2 is 1.63 bits per heavy atom. The van der Waals surface area contributed by atoms with Crippen molar-refractivity contribution in [3.8, 4) is 0 Å². The number of ether oxygens (including phenoxy) is 7. The van der Waals surface area contributed by atoms with Crippen LogP contribution >= 0.6 is 0 Å². The van der Waals surface area contributed by atoms with E-state index >= 15 is 0 Å². The van der Waals surface area contributed by atoms with Crippen LogP contribution in [0.15, 0.2) is 24.3 Å². The molecular formula is C26H38O9. The van der Waals surface area contributed by atoms with Gasteiger partial charge in [0, 0.05) is 25.0 Å². The highest BCUT2D eigenvalue weighted by Gasteiger charge is 2.58. The summed E-state index contributed by atoms with van der Waals surface area (Å²) in [5, 5.41) is 9.75. The molecule has 196 valence electrons. The lowest BCUT2D eigenvalue weighted by atomic mass is 9.92. The number of hydrogen-bond acceptors (Lipinski definition) is 9. The van der Waals surface area contributed by atoms with Gasteiger partial charge < -0.3 is 38.3 Å². The zero-order valence-electron chi connectivity index (χ0n) is 21.6. The lowest BCUT2D eigenvalue weighted by Gasteiger charge is -2.39. The Bertz CT molecular complexity index is 881. The summed E-state index contributed by atoms with van der Waals surface area (Å²) >= 11 is 0. The van der Waals surface area contributed by atoms with Gasteiger partial charge >= 0.3 is 5.97 Å². The predicted octanol–water partition coefficient (Wildman–Crippen LogP) is 3.33. The summed E-state index contributed by atoms with van der Waals surface area (Å²) in [6.45, 7) is 11.5. The van der Waals surface area contributed by atoms with Crippen molar-refractivity contribution in [2.24, 2.45) is 5.92 Å². The average Bonchev–Trinajstić information content (AvgIpc) is 3.36. The van der Waals surface area contributed by atoms with Crippen LogP contribution in [0.5, 0.6) is 0 Å². The van der Waals surface area contributed by atoms with Crippen LogP contribution in [0.25, 0.3) is 0 Å². The molecule has 4 rings (SSSR count). The third kappa shape index (κ3) is 5.72. The molecule has 35 heavy (non-hydrogen) atoms. The molecule has 3 aliphatic rings. The molecule has 3 saturated heterocycles. The first-order valence-electron chi connectivity index (χ1n) is 12.2. The molecule has 1 N–H and O–H groups in total. The van der Waals surface area contributed by atoms with Gasteiger partial charge in [-0.1, -0.05) is 26.0 Å². The van der Waals surface area contributed by atoms with Crippen molar-refractivity contribution in [1.82, 2.24) is 0 Å². The fourth-order valence-electron chi connectivity index (χ4n) is 4.93. The van der Waals surface area contributed by atoms with E-state index in [0.29, 0.717) is 12.0 Å². The Balaban J connectivity index is 1.38. The minimum atomic E-state index is -0.692. The summed E-state index contributed by atoms with van der Waals surface area (Å²) < 4.78 is 41.3. The lowest BCUT2D eigenvalue weighted by Crippen LogP contribution is -2.53. The van der Waals surface area contributed by atoms with Gasteiger partial charge in [-0.3, -0.25) is 0 Å². The number of aliphatic hydroxyl groups is 1. The standard InChI is InChI=1S/C26H38O9/c1-14(2)22-30-17(12-27)18-19(32-22)20-24(31-18)34-23(33-20)16-10-8-15(9-11-16)21(28)35-26(5,6)13-25(3,4)29-7/h8-11,14,17-20,22-24,27H,12-13H2,1-7H3. The van der Waals surface area contributed by atoms with E-state index in [1.807, 2.05) is 41.5 Å². The Morgan fingerprint density at radius 1 is 0.943 bits per heavy atom. The van der Waals surface area contributed by atoms with Crippen LogP contribution in [-0.2, 0) is 33.2 Å². The van der Waals surface area contributed by atoms with E-state index in [4.69, 9.17) is 33.2 Å². The van der Waals surface area contributed by atoms with Gasteiger partial charge in [0.1, 0.15) is 30.0 Å². The van der Waals surface area contributed by atoms with Crippen molar-refractivity contribution in [3.63, 3.8) is 0 Å². The third-order valence-electron chi connectivity index (χ3n) is 6.63. The number of benzene rings is 1. The van der Waals surface area contributed by atoms with Gasteiger partial charge in [0.25, 0.3) is 0 Å². The fraction of sp³-hybridized carbons (Fsp3) is 0.731. The lowest BCUT2D eigenvalue weighted by molar-refractivity contribution is -0.312. The molecule has 7 atom stereocenters. The quantitative estimate of drug-likeness (QED) is 0.545. The van der Waals surface area contributed by atoms with Crippen molar-refractivity contribution in [3.05, 3.63) is 35.4 Å². The normalized spacial score (nSPS) is 33.0. The van der Waals surface area contributed by atoms with Gasteiger partial charge in [0.2, 0.25) is 0 Å². The number of carbonyl (C=O) groups is 1. The van der Waals surface area contributed by atoms with Crippen molar-refractivity contribution in [2.75, 3.05) is 13.7 Å². The molecule has 3 fully saturated rings. The highest BCUT2D eigenvalue weighted by atomic mass is 16.8. The zero-order valence-corrected chi connectivity index (χ0v) is 21.6. The van der Waals surface area contributed by atoms with Crippen molar-refractivity contribution in [1.29, 1.82) is 0 Å². The van der Waals surface area contributed by atoms with Crippen LogP contribution in [0.1, 0.15) is 70.2 Å². The van der Waals surface area contributed by atoms with Gasteiger partial charge in [-0.05, 0) is 39.8 Å². The second-order valence-electron chi connectivity index (χ2n) is 11.0. The summed E-state index contributed by atoms with van der Waals surface area (Å²) in [5.41, 5.74) is 0.0825. The molecule has 0 aromatic heterocycles. The molecule has 0 spiro atoms. The third-order valence-corrected chi connectivity index (χ3v) is 6.63. The zero-order chi connectivity index (χ0) is 25.5.